The van der Waals surface area contributed by atoms with Crippen LogP contribution in [0.15, 0.2) is 6.20 Å². The Balaban J connectivity index is 1.52. The van der Waals surface area contributed by atoms with E-state index >= 15 is 0 Å². The van der Waals surface area contributed by atoms with E-state index in [0.717, 1.165) is 19.3 Å². The molecule has 2 heterocycles. The van der Waals surface area contributed by atoms with Crippen LogP contribution < -0.4 is 5.73 Å². The fourth-order valence-corrected chi connectivity index (χ4v) is 2.60. The van der Waals surface area contributed by atoms with Gasteiger partial charge in [-0.1, -0.05) is 5.21 Å². The van der Waals surface area contributed by atoms with Crippen LogP contribution in [0, 0.1) is 0 Å². The van der Waals surface area contributed by atoms with Crippen LogP contribution in [0.25, 0.3) is 0 Å². The first kappa shape index (κ1) is 13.0. The van der Waals surface area contributed by atoms with Gasteiger partial charge in [0.1, 0.15) is 0 Å². The highest BCUT2D eigenvalue weighted by Crippen LogP contribution is 2.33. The Morgan fingerprint density at radius 3 is 2.65 bits per heavy atom. The lowest BCUT2D eigenvalue weighted by Gasteiger charge is -2.43. The van der Waals surface area contributed by atoms with E-state index in [1.165, 1.54) is 10.9 Å². The van der Waals surface area contributed by atoms with E-state index in [0.29, 0.717) is 19.5 Å². The maximum atomic E-state index is 12.0. The number of carboxylic acids is 1. The third kappa shape index (κ3) is 2.26. The van der Waals surface area contributed by atoms with Gasteiger partial charge < -0.3 is 15.7 Å². The zero-order valence-corrected chi connectivity index (χ0v) is 11.0. The predicted octanol–water partition coefficient (Wildman–Crippen LogP) is -0.369. The molecule has 2 fully saturated rings. The molecule has 0 radical (unpaired) electrons. The smallest absolute Gasteiger partial charge is 0.358 e. The molecule has 2 aliphatic rings. The van der Waals surface area contributed by atoms with Crippen molar-refractivity contribution in [3.63, 3.8) is 0 Å². The second-order valence-corrected chi connectivity index (χ2v) is 5.73. The number of hydrogen-bond donors (Lipinski definition) is 2. The van der Waals surface area contributed by atoms with Crippen molar-refractivity contribution in [3.8, 4) is 0 Å². The van der Waals surface area contributed by atoms with Crippen LogP contribution in [0.2, 0.25) is 0 Å². The molecule has 0 atom stereocenters. The summed E-state index contributed by atoms with van der Waals surface area (Å²) in [5.74, 6) is -1.03. The van der Waals surface area contributed by atoms with Crippen LogP contribution >= 0.6 is 0 Å². The minimum atomic E-state index is -1.10. The highest BCUT2D eigenvalue weighted by atomic mass is 16.4. The van der Waals surface area contributed by atoms with Crippen LogP contribution in [0.4, 0.5) is 0 Å². The molecule has 3 N–H and O–H groups in total. The van der Waals surface area contributed by atoms with E-state index < -0.39 is 5.97 Å². The molecule has 0 aromatic carbocycles. The van der Waals surface area contributed by atoms with Crippen molar-refractivity contribution in [2.75, 3.05) is 13.1 Å². The van der Waals surface area contributed by atoms with Gasteiger partial charge in [-0.2, -0.15) is 0 Å². The first-order chi connectivity index (χ1) is 9.47. The Morgan fingerprint density at radius 1 is 1.45 bits per heavy atom. The summed E-state index contributed by atoms with van der Waals surface area (Å²) in [6.07, 6.45) is 4.73. The van der Waals surface area contributed by atoms with Crippen LogP contribution in [0.5, 0.6) is 0 Å². The summed E-state index contributed by atoms with van der Waals surface area (Å²) in [6, 6.07) is 0.00895. The van der Waals surface area contributed by atoms with E-state index in [-0.39, 0.29) is 23.2 Å². The Morgan fingerprint density at radius 2 is 2.15 bits per heavy atom. The standard InChI is InChI=1S/C12H17N5O3/c13-12(2-1-3-12)4-10(18)16-5-8(6-16)17-7-9(11(19)20)14-15-17/h7-8H,1-6,13H2,(H,19,20). The first-order valence-corrected chi connectivity index (χ1v) is 6.69. The lowest BCUT2D eigenvalue weighted by molar-refractivity contribution is -0.139. The van der Waals surface area contributed by atoms with Gasteiger partial charge in [0.25, 0.3) is 0 Å². The molecule has 3 rings (SSSR count). The van der Waals surface area contributed by atoms with Crippen LogP contribution in [-0.4, -0.2) is 55.5 Å². The van der Waals surface area contributed by atoms with Crippen molar-refractivity contribution in [1.29, 1.82) is 0 Å². The van der Waals surface area contributed by atoms with Gasteiger partial charge in [-0.25, -0.2) is 9.48 Å². The Hall–Kier alpha value is -1.96. The number of hydrogen-bond acceptors (Lipinski definition) is 5. The topological polar surface area (TPSA) is 114 Å². The number of carbonyl (C=O) groups excluding carboxylic acids is 1. The number of amides is 1. The number of aromatic nitrogens is 3. The highest BCUT2D eigenvalue weighted by Gasteiger charge is 2.39. The molecule has 8 heteroatoms. The molecule has 0 unspecified atom stereocenters. The predicted molar refractivity (Wildman–Crippen MR) is 68.0 cm³/mol. The summed E-state index contributed by atoms with van der Waals surface area (Å²) in [4.78, 5) is 24.5. The number of nitrogens with two attached hydrogens (primary N) is 1. The summed E-state index contributed by atoms with van der Waals surface area (Å²) in [6.45, 7) is 1.08. The minimum absolute atomic E-state index is 0.00895. The summed E-state index contributed by atoms with van der Waals surface area (Å²) in [7, 11) is 0. The third-order valence-corrected chi connectivity index (χ3v) is 4.17. The highest BCUT2D eigenvalue weighted by molar-refractivity contribution is 5.84. The van der Waals surface area contributed by atoms with E-state index in [9.17, 15) is 9.59 Å². The van der Waals surface area contributed by atoms with Gasteiger partial charge in [0.15, 0.2) is 5.69 Å². The zero-order valence-electron chi connectivity index (χ0n) is 11.0. The van der Waals surface area contributed by atoms with Gasteiger partial charge in [0.05, 0.1) is 12.2 Å². The second kappa shape index (κ2) is 4.55. The number of carboxylic acid groups (broad SMARTS) is 1. The van der Waals surface area contributed by atoms with E-state index in [2.05, 4.69) is 10.3 Å². The average Bonchev–Trinajstić information content (AvgIpc) is 2.74. The average molecular weight is 279 g/mol. The van der Waals surface area contributed by atoms with Crippen LogP contribution in [0.1, 0.15) is 42.2 Å². The van der Waals surface area contributed by atoms with Gasteiger partial charge in [-0.3, -0.25) is 4.79 Å². The van der Waals surface area contributed by atoms with Crippen molar-refractivity contribution in [3.05, 3.63) is 11.9 Å². The molecule has 1 aromatic rings. The normalized spacial score (nSPS) is 21.1. The Labute approximate surface area is 115 Å². The first-order valence-electron chi connectivity index (χ1n) is 6.69. The van der Waals surface area contributed by atoms with E-state index in [4.69, 9.17) is 10.8 Å². The monoisotopic (exact) mass is 279 g/mol. The maximum Gasteiger partial charge on any atom is 0.358 e. The minimum Gasteiger partial charge on any atom is -0.476 e. The molecule has 0 bridgehead atoms. The Bertz CT molecular complexity index is 545. The summed E-state index contributed by atoms with van der Waals surface area (Å²) >= 11 is 0. The van der Waals surface area contributed by atoms with E-state index in [1.54, 1.807) is 4.90 Å². The largest absolute Gasteiger partial charge is 0.476 e. The van der Waals surface area contributed by atoms with Gasteiger partial charge in [-0.15, -0.1) is 5.10 Å². The second-order valence-electron chi connectivity index (χ2n) is 5.73. The lowest BCUT2D eigenvalue weighted by Crippen LogP contribution is -2.56. The lowest BCUT2D eigenvalue weighted by atomic mass is 9.75. The molecule has 1 aromatic heterocycles. The summed E-state index contributed by atoms with van der Waals surface area (Å²) in [5, 5.41) is 16.1. The SMILES string of the molecule is NC1(CC(=O)N2CC(n3cc(C(=O)O)nn3)C2)CCC1. The summed E-state index contributed by atoms with van der Waals surface area (Å²) < 4.78 is 1.51. The quantitative estimate of drug-likeness (QED) is 0.777. The molecule has 1 aliphatic carbocycles. The molecular weight excluding hydrogens is 262 g/mol. The van der Waals surface area contributed by atoms with Crippen LogP contribution in [0.3, 0.4) is 0 Å². The van der Waals surface area contributed by atoms with Gasteiger partial charge in [0.2, 0.25) is 5.91 Å². The third-order valence-electron chi connectivity index (χ3n) is 4.17. The van der Waals surface area contributed by atoms with Crippen LogP contribution in [-0.2, 0) is 4.79 Å². The summed E-state index contributed by atoms with van der Waals surface area (Å²) in [5.41, 5.74) is 5.68. The maximum absolute atomic E-state index is 12.0. The molecular formula is C12H17N5O3. The Kier molecular flexibility index (Phi) is 2.97. The van der Waals surface area contributed by atoms with Gasteiger partial charge in [0, 0.05) is 25.0 Å². The van der Waals surface area contributed by atoms with Crippen molar-refractivity contribution >= 4 is 11.9 Å². The number of aromatic carboxylic acids is 1. The van der Waals surface area contributed by atoms with Crippen molar-refractivity contribution in [2.24, 2.45) is 5.73 Å². The molecule has 8 nitrogen and oxygen atoms in total. The fraction of sp³-hybridized carbons (Fsp3) is 0.667. The molecule has 1 saturated heterocycles. The number of nitrogens with zero attached hydrogens (tertiary/aromatic N) is 4. The van der Waals surface area contributed by atoms with E-state index in [1.807, 2.05) is 0 Å². The van der Waals surface area contributed by atoms with Gasteiger partial charge >= 0.3 is 5.97 Å². The molecule has 1 amide bonds. The molecule has 1 saturated carbocycles. The number of rotatable bonds is 4. The molecule has 0 spiro atoms. The molecule has 20 heavy (non-hydrogen) atoms. The van der Waals surface area contributed by atoms with Gasteiger partial charge in [-0.05, 0) is 19.3 Å². The zero-order chi connectivity index (χ0) is 14.3. The number of likely N-dealkylation sites (tertiary alicyclic amines) is 1. The molecule has 1 aliphatic heterocycles. The van der Waals surface area contributed by atoms with Crippen molar-refractivity contribution < 1.29 is 14.7 Å². The molecule has 108 valence electrons. The van der Waals surface area contributed by atoms with Crippen molar-refractivity contribution in [2.45, 2.75) is 37.3 Å². The fourth-order valence-electron chi connectivity index (χ4n) is 2.60. The van der Waals surface area contributed by atoms with Crippen molar-refractivity contribution in [1.82, 2.24) is 19.9 Å². The number of carbonyl (C=O) groups is 2.